The molecule has 0 bridgehead atoms. The van der Waals surface area contributed by atoms with Gasteiger partial charge in [-0.15, -0.1) is 0 Å². The van der Waals surface area contributed by atoms with Crippen molar-refractivity contribution < 1.29 is 91.3 Å². The summed E-state index contributed by atoms with van der Waals surface area (Å²) in [6.07, 6.45) is 15.0. The van der Waals surface area contributed by atoms with Crippen LogP contribution in [0, 0.1) is 51.2 Å². The number of carbonyl (C=O) groups is 3. The Labute approximate surface area is 442 Å². The van der Waals surface area contributed by atoms with Gasteiger partial charge in [0.05, 0.1) is 53.2 Å². The molecule has 2 aliphatic heterocycles. The van der Waals surface area contributed by atoms with Crippen molar-refractivity contribution in [1.82, 2.24) is 19.9 Å². The van der Waals surface area contributed by atoms with Gasteiger partial charge in [0.1, 0.15) is 44.3 Å². The normalized spacial score (nSPS) is 22.3. The second-order valence-corrected chi connectivity index (χ2v) is 20.0. The summed E-state index contributed by atoms with van der Waals surface area (Å²) < 4.78 is 4.55. The van der Waals surface area contributed by atoms with E-state index in [2.05, 4.69) is 71.7 Å². The Morgan fingerprint density at radius 2 is 1.22 bits per heavy atom. The number of esters is 1. The molecular formula is C48H61BrKN9O8. The van der Waals surface area contributed by atoms with E-state index in [4.69, 9.17) is 25.9 Å². The minimum atomic E-state index is -0.861. The summed E-state index contributed by atoms with van der Waals surface area (Å²) in [6, 6.07) is 12.1. The van der Waals surface area contributed by atoms with E-state index in [1.165, 1.54) is 0 Å². The number of ketones is 1. The first-order chi connectivity index (χ1) is 31.1. The first kappa shape index (κ1) is 55.9. The summed E-state index contributed by atoms with van der Waals surface area (Å²) in [6.45, 7) is 9.97. The van der Waals surface area contributed by atoms with Crippen LogP contribution in [-0.4, -0.2) is 115 Å². The standard InChI is InChI=1S/C21H24N4O2.C15H17N5.C7H11BrO2.C5H8O3.K.H2O/c1-14-8-15(9-18(27)21(13-26)4-5-21)12-25(11-14)17-3-2-16(10-22)19-20(17)24-7-6-23-19;1-10-6-12(17)9-20(8-10)13-3-2-11(7-16)14-15(13)19-5-4-18-14;1-2-10-6(9)7(8)4-3-5-7;6-3-5(1-2-5)4(7)8;;/h2-3,6-7,14-15,26H,4-5,8-9,11-13H2,1H3;2-5,10,12H,6,8-9,17H2,1H3;2-5H2,1H3;6H,1-3H2,(H,7,8);;1H2/q;;;;+1;/p-1/t14-,15-;10-,12+;;;;/m00..../s1. The molecule has 5 aliphatic rings. The molecule has 67 heavy (non-hydrogen) atoms. The average molecular weight is 1010 g/mol. The maximum absolute atomic E-state index is 12.6. The average Bonchev–Trinajstić information content (AvgIpc) is 4.24. The first-order valence-corrected chi connectivity index (χ1v) is 23.3. The molecule has 2 aromatic carbocycles. The summed E-state index contributed by atoms with van der Waals surface area (Å²) in [4.78, 5) is 56.0. The molecule has 2 saturated heterocycles. The fraction of sp³-hybridized carbons (Fsp3) is 0.562. The van der Waals surface area contributed by atoms with Crippen molar-refractivity contribution >= 4 is 67.1 Å². The number of aliphatic hydroxyl groups is 2. The maximum atomic E-state index is 12.6. The molecule has 6 N–H and O–H groups in total. The number of ether oxygens (including phenoxy) is 1. The van der Waals surface area contributed by atoms with Gasteiger partial charge in [-0.25, -0.2) is 0 Å². The number of hydrogen-bond acceptors (Lipinski definition) is 16. The van der Waals surface area contributed by atoms with Crippen molar-refractivity contribution in [3.8, 4) is 12.1 Å². The van der Waals surface area contributed by atoms with Crippen LogP contribution >= 0.6 is 15.9 Å². The molecule has 4 aromatic rings. The second-order valence-electron chi connectivity index (χ2n) is 18.5. The molecule has 3 saturated carbocycles. The Bertz CT molecular complexity index is 2430. The molecule has 9 rings (SSSR count). The minimum Gasteiger partial charge on any atom is -0.870 e. The third-order valence-electron chi connectivity index (χ3n) is 13.2. The number of aliphatic carboxylic acids is 1. The topological polar surface area (TPSA) is 283 Å². The molecule has 0 radical (unpaired) electrons. The fourth-order valence-corrected chi connectivity index (χ4v) is 9.57. The van der Waals surface area contributed by atoms with E-state index in [-0.39, 0.29) is 98.1 Å². The number of nitrogens with two attached hydrogens (primary N) is 1. The van der Waals surface area contributed by atoms with Gasteiger partial charge in [0.15, 0.2) is 0 Å². The van der Waals surface area contributed by atoms with Crippen LogP contribution in [0.15, 0.2) is 49.1 Å². The van der Waals surface area contributed by atoms with E-state index >= 15 is 0 Å². The zero-order valence-electron chi connectivity index (χ0n) is 38.9. The van der Waals surface area contributed by atoms with Crippen LogP contribution in [0.5, 0.6) is 0 Å². The number of carboxylic acids is 1. The number of hydrogen-bond donors (Lipinski definition) is 4. The van der Waals surface area contributed by atoms with Crippen molar-refractivity contribution in [3.05, 3.63) is 60.2 Å². The van der Waals surface area contributed by atoms with Crippen molar-refractivity contribution in [3.63, 3.8) is 0 Å². The molecule has 3 aliphatic carbocycles. The number of aromatic nitrogens is 4. The van der Waals surface area contributed by atoms with Crippen LogP contribution in [0.1, 0.15) is 96.1 Å². The first-order valence-electron chi connectivity index (χ1n) is 22.5. The zero-order valence-corrected chi connectivity index (χ0v) is 43.6. The van der Waals surface area contributed by atoms with Gasteiger partial charge in [0.2, 0.25) is 0 Å². The van der Waals surface area contributed by atoms with Gasteiger partial charge < -0.3 is 41.1 Å². The number of Topliss-reactive ketones (excluding diaryl/α,β-unsaturated/α-hetero) is 1. The van der Waals surface area contributed by atoms with Gasteiger partial charge in [0, 0.05) is 63.4 Å². The number of benzene rings is 2. The van der Waals surface area contributed by atoms with Crippen LogP contribution in [0.2, 0.25) is 0 Å². The van der Waals surface area contributed by atoms with Gasteiger partial charge in [-0.3, -0.25) is 34.3 Å². The van der Waals surface area contributed by atoms with E-state index in [1.54, 1.807) is 30.9 Å². The molecule has 0 spiro atoms. The van der Waals surface area contributed by atoms with E-state index in [9.17, 15) is 24.8 Å². The number of halogens is 1. The third-order valence-corrected chi connectivity index (χ3v) is 14.3. The molecule has 0 unspecified atom stereocenters. The molecule has 5 fully saturated rings. The smallest absolute Gasteiger partial charge is 0.870 e. The van der Waals surface area contributed by atoms with Crippen LogP contribution in [0.25, 0.3) is 22.1 Å². The predicted molar refractivity (Wildman–Crippen MR) is 251 cm³/mol. The fourth-order valence-electron chi connectivity index (χ4n) is 8.89. The second kappa shape index (κ2) is 24.7. The van der Waals surface area contributed by atoms with Crippen molar-refractivity contribution in [2.24, 2.45) is 34.3 Å². The number of rotatable bonds is 10. The van der Waals surface area contributed by atoms with E-state index < -0.39 is 16.8 Å². The van der Waals surface area contributed by atoms with Gasteiger partial charge in [0.25, 0.3) is 0 Å². The number of nitriles is 2. The number of fused-ring (bicyclic) bond motifs is 2. The van der Waals surface area contributed by atoms with Crippen molar-refractivity contribution in [2.75, 3.05) is 55.8 Å². The molecular weight excluding hydrogens is 950 g/mol. The Balaban J connectivity index is 0.000000214. The Morgan fingerprint density at radius 1 is 0.761 bits per heavy atom. The quantitative estimate of drug-likeness (QED) is 0.101. The third kappa shape index (κ3) is 13.5. The Morgan fingerprint density at radius 3 is 1.60 bits per heavy atom. The Kier molecular flexibility index (Phi) is 20.6. The number of anilines is 2. The molecule has 354 valence electrons. The summed E-state index contributed by atoms with van der Waals surface area (Å²) in [7, 11) is 0. The van der Waals surface area contributed by atoms with Gasteiger partial charge in [-0.05, 0) is 107 Å². The SMILES string of the molecule is CCOC(=O)C1(Br)CCC1.C[C@H]1C[C@@H](CC(=O)C2(CO)CC2)CN(c2ccc(C#N)c3nccnc23)C1.C[C@H]1C[C@@H](N)CN(c2ccc(C#N)c3nccnc23)C1.O=C(O)C1(CO)CC1.[K+].[OH-]. The van der Waals surface area contributed by atoms with Crippen LogP contribution < -0.4 is 66.9 Å². The largest absolute Gasteiger partial charge is 1.00 e. The number of piperidine rings is 2. The Hall–Kier alpha value is -3.73. The number of nitrogens with zero attached hydrogens (tertiary/aromatic N) is 8. The summed E-state index contributed by atoms with van der Waals surface area (Å²) >= 11 is 3.36. The molecule has 0 amide bonds. The number of carbonyl (C=O) groups excluding carboxylic acids is 2. The van der Waals surface area contributed by atoms with E-state index in [0.29, 0.717) is 59.9 Å². The summed E-state index contributed by atoms with van der Waals surface area (Å²) in [5, 5.41) is 44.8. The van der Waals surface area contributed by atoms with Crippen LogP contribution in [0.4, 0.5) is 11.4 Å². The predicted octanol–water partition coefficient (Wildman–Crippen LogP) is 2.91. The van der Waals surface area contributed by atoms with E-state index in [0.717, 1.165) is 93.5 Å². The number of aliphatic hydroxyl groups excluding tert-OH is 2. The minimum absolute atomic E-state index is 0. The van der Waals surface area contributed by atoms with Crippen LogP contribution in [-0.2, 0) is 19.1 Å². The summed E-state index contributed by atoms with van der Waals surface area (Å²) in [5.41, 5.74) is 10.8. The van der Waals surface area contributed by atoms with Crippen LogP contribution in [0.3, 0.4) is 0 Å². The number of alkyl halides is 1. The molecule has 17 nitrogen and oxygen atoms in total. The van der Waals surface area contributed by atoms with Gasteiger partial charge in [-0.1, -0.05) is 29.8 Å². The molecule has 19 heteroatoms. The molecule has 4 atom stereocenters. The van der Waals surface area contributed by atoms with E-state index in [1.807, 2.05) is 25.1 Å². The zero-order chi connectivity index (χ0) is 46.9. The van der Waals surface area contributed by atoms with Crippen molar-refractivity contribution in [1.29, 1.82) is 10.5 Å². The molecule has 2 aromatic heterocycles. The maximum Gasteiger partial charge on any atom is 1.00 e. The van der Waals surface area contributed by atoms with Gasteiger partial charge in [-0.2, -0.15) is 10.5 Å². The summed E-state index contributed by atoms with van der Waals surface area (Å²) in [5.74, 6) is 0.548. The van der Waals surface area contributed by atoms with Gasteiger partial charge >= 0.3 is 63.3 Å². The molecule has 4 heterocycles. The monoisotopic (exact) mass is 1010 g/mol. The van der Waals surface area contributed by atoms with Crippen molar-refractivity contribution in [2.45, 2.75) is 95.3 Å². The number of carboxylic acid groups (broad SMARTS) is 1.